The van der Waals surface area contributed by atoms with Crippen LogP contribution in [0.1, 0.15) is 17.2 Å². The Labute approximate surface area is 116 Å². The number of hydrogen-bond donors (Lipinski definition) is 2. The standard InChI is InChI=1S/C14H16BrN3/c1-10-7-12(15)14(17-9-10)18-13(8-16)11-5-3-2-4-6-11/h2-7,9,13H,8,16H2,1H3,(H,17,18). The molecular weight excluding hydrogens is 290 g/mol. The van der Waals surface area contributed by atoms with Crippen molar-refractivity contribution in [3.05, 3.63) is 58.2 Å². The van der Waals surface area contributed by atoms with Crippen molar-refractivity contribution in [1.29, 1.82) is 0 Å². The third-order valence-electron chi connectivity index (χ3n) is 2.73. The SMILES string of the molecule is Cc1cnc(NC(CN)c2ccccc2)c(Br)c1. The maximum Gasteiger partial charge on any atom is 0.140 e. The molecule has 0 radical (unpaired) electrons. The van der Waals surface area contributed by atoms with E-state index in [1.807, 2.05) is 37.4 Å². The molecule has 0 spiro atoms. The first kappa shape index (κ1) is 13.1. The highest BCUT2D eigenvalue weighted by Crippen LogP contribution is 2.24. The number of aromatic nitrogens is 1. The second-order valence-electron chi connectivity index (χ2n) is 4.19. The molecule has 0 amide bonds. The van der Waals surface area contributed by atoms with Gasteiger partial charge in [0.15, 0.2) is 0 Å². The molecule has 18 heavy (non-hydrogen) atoms. The Balaban J connectivity index is 2.21. The number of rotatable bonds is 4. The van der Waals surface area contributed by atoms with Gasteiger partial charge >= 0.3 is 0 Å². The lowest BCUT2D eigenvalue weighted by atomic mass is 10.1. The number of pyridine rings is 1. The van der Waals surface area contributed by atoms with E-state index in [9.17, 15) is 0 Å². The van der Waals surface area contributed by atoms with Gasteiger partial charge in [-0.3, -0.25) is 0 Å². The van der Waals surface area contributed by atoms with Gasteiger partial charge in [0.1, 0.15) is 5.82 Å². The zero-order chi connectivity index (χ0) is 13.0. The van der Waals surface area contributed by atoms with E-state index in [0.717, 1.165) is 21.4 Å². The molecule has 0 saturated heterocycles. The fraction of sp³-hybridized carbons (Fsp3) is 0.214. The van der Waals surface area contributed by atoms with Crippen LogP contribution in [0.2, 0.25) is 0 Å². The van der Waals surface area contributed by atoms with E-state index in [0.29, 0.717) is 6.54 Å². The summed E-state index contributed by atoms with van der Waals surface area (Å²) < 4.78 is 0.955. The summed E-state index contributed by atoms with van der Waals surface area (Å²) in [5.41, 5.74) is 8.11. The maximum absolute atomic E-state index is 5.83. The third-order valence-corrected chi connectivity index (χ3v) is 3.33. The highest BCUT2D eigenvalue weighted by Gasteiger charge is 2.11. The van der Waals surface area contributed by atoms with E-state index >= 15 is 0 Å². The molecule has 0 saturated carbocycles. The third kappa shape index (κ3) is 3.09. The van der Waals surface area contributed by atoms with Crippen LogP contribution in [-0.4, -0.2) is 11.5 Å². The normalized spacial score (nSPS) is 12.2. The van der Waals surface area contributed by atoms with E-state index in [4.69, 9.17) is 5.73 Å². The summed E-state index contributed by atoms with van der Waals surface area (Å²) in [5.74, 6) is 0.819. The largest absolute Gasteiger partial charge is 0.361 e. The van der Waals surface area contributed by atoms with Crippen molar-refractivity contribution in [3.63, 3.8) is 0 Å². The van der Waals surface area contributed by atoms with Gasteiger partial charge in [-0.1, -0.05) is 30.3 Å². The van der Waals surface area contributed by atoms with Crippen molar-refractivity contribution in [1.82, 2.24) is 4.98 Å². The Morgan fingerprint density at radius 1 is 1.33 bits per heavy atom. The van der Waals surface area contributed by atoms with Crippen LogP contribution >= 0.6 is 15.9 Å². The van der Waals surface area contributed by atoms with Crippen molar-refractivity contribution in [2.24, 2.45) is 5.73 Å². The molecule has 4 heteroatoms. The highest BCUT2D eigenvalue weighted by atomic mass is 79.9. The first-order valence-corrected chi connectivity index (χ1v) is 6.63. The summed E-state index contributed by atoms with van der Waals surface area (Å²) in [6.07, 6.45) is 1.84. The number of halogens is 1. The molecular formula is C14H16BrN3. The molecule has 0 fully saturated rings. The topological polar surface area (TPSA) is 50.9 Å². The fourth-order valence-corrected chi connectivity index (χ4v) is 2.35. The van der Waals surface area contributed by atoms with Gasteiger partial charge in [-0.2, -0.15) is 0 Å². The number of nitrogens with one attached hydrogen (secondary N) is 1. The van der Waals surface area contributed by atoms with E-state index in [2.05, 4.69) is 38.4 Å². The second kappa shape index (κ2) is 5.98. The molecule has 2 aromatic rings. The zero-order valence-corrected chi connectivity index (χ0v) is 11.8. The maximum atomic E-state index is 5.83. The molecule has 1 aromatic carbocycles. The first-order chi connectivity index (χ1) is 8.70. The molecule has 0 aliphatic heterocycles. The Morgan fingerprint density at radius 2 is 2.06 bits per heavy atom. The van der Waals surface area contributed by atoms with Crippen LogP contribution in [-0.2, 0) is 0 Å². The van der Waals surface area contributed by atoms with Crippen molar-refractivity contribution in [2.75, 3.05) is 11.9 Å². The average molecular weight is 306 g/mol. The van der Waals surface area contributed by atoms with Crippen LogP contribution < -0.4 is 11.1 Å². The Hall–Kier alpha value is -1.39. The zero-order valence-electron chi connectivity index (χ0n) is 10.2. The van der Waals surface area contributed by atoms with Crippen LogP contribution in [0, 0.1) is 6.92 Å². The van der Waals surface area contributed by atoms with Gasteiger partial charge in [0.25, 0.3) is 0 Å². The van der Waals surface area contributed by atoms with Crippen LogP contribution in [0.15, 0.2) is 47.1 Å². The molecule has 3 N–H and O–H groups in total. The molecule has 94 valence electrons. The molecule has 3 nitrogen and oxygen atoms in total. The van der Waals surface area contributed by atoms with Crippen LogP contribution in [0.25, 0.3) is 0 Å². The Kier molecular flexibility index (Phi) is 4.33. The van der Waals surface area contributed by atoms with Gasteiger partial charge < -0.3 is 11.1 Å². The van der Waals surface area contributed by atoms with Gasteiger partial charge in [-0.05, 0) is 40.0 Å². The van der Waals surface area contributed by atoms with Crippen molar-refractivity contribution >= 4 is 21.7 Å². The number of benzene rings is 1. The molecule has 0 aliphatic rings. The van der Waals surface area contributed by atoms with Crippen molar-refractivity contribution in [3.8, 4) is 0 Å². The van der Waals surface area contributed by atoms with E-state index < -0.39 is 0 Å². The minimum Gasteiger partial charge on any atom is -0.361 e. The van der Waals surface area contributed by atoms with Gasteiger partial charge in [-0.25, -0.2) is 4.98 Å². The van der Waals surface area contributed by atoms with Gasteiger partial charge in [0.05, 0.1) is 10.5 Å². The number of aryl methyl sites for hydroxylation is 1. The number of hydrogen-bond acceptors (Lipinski definition) is 3. The lowest BCUT2D eigenvalue weighted by Crippen LogP contribution is -2.21. The number of anilines is 1. The molecule has 0 aliphatic carbocycles. The first-order valence-electron chi connectivity index (χ1n) is 5.84. The fourth-order valence-electron chi connectivity index (χ4n) is 1.77. The van der Waals surface area contributed by atoms with Crippen LogP contribution in [0.5, 0.6) is 0 Å². The van der Waals surface area contributed by atoms with Crippen LogP contribution in [0.3, 0.4) is 0 Å². The lowest BCUT2D eigenvalue weighted by Gasteiger charge is -2.18. The Bertz CT molecular complexity index is 514. The monoisotopic (exact) mass is 305 g/mol. The van der Waals surface area contributed by atoms with Gasteiger partial charge in [-0.15, -0.1) is 0 Å². The average Bonchev–Trinajstić information content (AvgIpc) is 2.39. The van der Waals surface area contributed by atoms with Gasteiger partial charge in [0, 0.05) is 12.7 Å². The number of nitrogens with two attached hydrogens (primary N) is 1. The van der Waals surface area contributed by atoms with E-state index in [1.165, 1.54) is 0 Å². The summed E-state index contributed by atoms with van der Waals surface area (Å²) in [4.78, 5) is 4.38. The summed E-state index contributed by atoms with van der Waals surface area (Å²) >= 11 is 3.51. The Morgan fingerprint density at radius 3 is 2.67 bits per heavy atom. The summed E-state index contributed by atoms with van der Waals surface area (Å²) in [6.45, 7) is 2.53. The van der Waals surface area contributed by atoms with Crippen LogP contribution in [0.4, 0.5) is 5.82 Å². The quantitative estimate of drug-likeness (QED) is 0.911. The predicted octanol–water partition coefficient (Wildman–Crippen LogP) is 3.26. The minimum atomic E-state index is 0.0673. The highest BCUT2D eigenvalue weighted by molar-refractivity contribution is 9.10. The van der Waals surface area contributed by atoms with E-state index in [-0.39, 0.29) is 6.04 Å². The summed E-state index contributed by atoms with van der Waals surface area (Å²) in [7, 11) is 0. The molecule has 0 bridgehead atoms. The molecule has 2 rings (SSSR count). The van der Waals surface area contributed by atoms with Crippen molar-refractivity contribution in [2.45, 2.75) is 13.0 Å². The minimum absolute atomic E-state index is 0.0673. The summed E-state index contributed by atoms with van der Waals surface area (Å²) in [6, 6.07) is 12.2. The number of nitrogens with zero attached hydrogens (tertiary/aromatic N) is 1. The molecule has 1 heterocycles. The molecule has 1 atom stereocenters. The van der Waals surface area contributed by atoms with Gasteiger partial charge in [0.2, 0.25) is 0 Å². The predicted molar refractivity (Wildman–Crippen MR) is 78.5 cm³/mol. The second-order valence-corrected chi connectivity index (χ2v) is 5.04. The molecule has 1 aromatic heterocycles. The molecule has 1 unspecified atom stereocenters. The van der Waals surface area contributed by atoms with Crippen molar-refractivity contribution < 1.29 is 0 Å². The summed E-state index contributed by atoms with van der Waals surface area (Å²) in [5, 5.41) is 3.36. The lowest BCUT2D eigenvalue weighted by molar-refractivity contribution is 0.783. The smallest absolute Gasteiger partial charge is 0.140 e. The van der Waals surface area contributed by atoms with E-state index in [1.54, 1.807) is 0 Å².